The van der Waals surface area contributed by atoms with E-state index >= 15 is 0 Å². The Hall–Kier alpha value is -2.55. The molecule has 1 spiro atoms. The van der Waals surface area contributed by atoms with E-state index in [1.165, 1.54) is 0 Å². The third-order valence-electron chi connectivity index (χ3n) is 8.23. The van der Waals surface area contributed by atoms with Crippen LogP contribution in [-0.4, -0.2) is 63.0 Å². The number of hydrogen-bond donors (Lipinski definition) is 3. The molecule has 3 heterocycles. The molecule has 7 nitrogen and oxygen atoms in total. The molecule has 0 aromatic heterocycles. The van der Waals surface area contributed by atoms with Crippen LogP contribution < -0.4 is 10.6 Å². The Labute approximate surface area is 232 Å². The molecule has 3 aliphatic rings. The number of halogens is 1. The van der Waals surface area contributed by atoms with Gasteiger partial charge in [0.25, 0.3) is 0 Å². The first-order chi connectivity index (χ1) is 18.3. The van der Waals surface area contributed by atoms with E-state index < -0.39 is 28.7 Å². The quantitative estimate of drug-likeness (QED) is 0.437. The number of aliphatic hydroxyl groups is 1. The van der Waals surface area contributed by atoms with Crippen molar-refractivity contribution in [3.05, 3.63) is 64.7 Å². The van der Waals surface area contributed by atoms with Crippen molar-refractivity contribution in [3.8, 4) is 0 Å². The van der Waals surface area contributed by atoms with Gasteiger partial charge in [0, 0.05) is 11.8 Å². The Balaban J connectivity index is 1.55. The van der Waals surface area contributed by atoms with Crippen LogP contribution in [0.2, 0.25) is 5.02 Å². The fourth-order valence-electron chi connectivity index (χ4n) is 6.57. The highest BCUT2D eigenvalue weighted by Crippen LogP contribution is 2.66. The highest BCUT2D eigenvalue weighted by molar-refractivity contribution is 8.02. The second kappa shape index (κ2) is 10.9. The zero-order valence-electron chi connectivity index (χ0n) is 21.7. The Morgan fingerprint density at radius 3 is 2.63 bits per heavy atom. The number of anilines is 1. The summed E-state index contributed by atoms with van der Waals surface area (Å²) in [6, 6.07) is 13.6. The standard InChI is InChI=1S/C29H34ClN3O4S/c1-3-14-31-26(35)22-21-12-13-29(38-21)23(22)28(37)33(19(16-34)15-18-9-5-4-6-10-18)25(29)27(36)32-24-17(2)8-7-11-20(24)30/h4-11,19,21-23,25,34H,3,12-16H2,1-2H3,(H,31,35)(H,32,36)/t19-,21-,22+,23+,25?,29?/m1/s1. The average Bonchev–Trinajstić information content (AvgIpc) is 3.56. The third kappa shape index (κ3) is 4.50. The predicted octanol–water partition coefficient (Wildman–Crippen LogP) is 3.81. The van der Waals surface area contributed by atoms with Crippen LogP contribution in [0.15, 0.2) is 48.5 Å². The fourth-order valence-corrected chi connectivity index (χ4v) is 9.04. The molecule has 5 rings (SSSR count). The second-order valence-electron chi connectivity index (χ2n) is 10.5. The van der Waals surface area contributed by atoms with Gasteiger partial charge < -0.3 is 20.6 Å². The molecule has 9 heteroatoms. The van der Waals surface area contributed by atoms with Gasteiger partial charge in [-0.25, -0.2) is 0 Å². The molecule has 2 unspecified atom stereocenters. The molecule has 2 aromatic rings. The lowest BCUT2D eigenvalue weighted by Gasteiger charge is -2.37. The summed E-state index contributed by atoms with van der Waals surface area (Å²) in [5, 5.41) is 17.0. The number of aliphatic hydroxyl groups excluding tert-OH is 1. The topological polar surface area (TPSA) is 98.7 Å². The summed E-state index contributed by atoms with van der Waals surface area (Å²) in [7, 11) is 0. The molecule has 6 atom stereocenters. The van der Waals surface area contributed by atoms with Gasteiger partial charge >= 0.3 is 0 Å². The van der Waals surface area contributed by atoms with Crippen LogP contribution in [0, 0.1) is 18.8 Å². The monoisotopic (exact) mass is 555 g/mol. The average molecular weight is 556 g/mol. The minimum absolute atomic E-state index is 0.0120. The van der Waals surface area contributed by atoms with Crippen LogP contribution in [0.5, 0.6) is 0 Å². The first-order valence-electron chi connectivity index (χ1n) is 13.3. The Morgan fingerprint density at radius 2 is 1.95 bits per heavy atom. The summed E-state index contributed by atoms with van der Waals surface area (Å²) in [6.45, 7) is 4.12. The number of hydrogen-bond acceptors (Lipinski definition) is 5. The van der Waals surface area contributed by atoms with Gasteiger partial charge in [0.05, 0.1) is 39.9 Å². The van der Waals surface area contributed by atoms with E-state index in [9.17, 15) is 19.5 Å². The highest BCUT2D eigenvalue weighted by atomic mass is 35.5. The van der Waals surface area contributed by atoms with Gasteiger partial charge in [0.15, 0.2) is 0 Å². The summed E-state index contributed by atoms with van der Waals surface area (Å²) in [6.07, 6.45) is 2.64. The minimum Gasteiger partial charge on any atom is -0.394 e. The first kappa shape index (κ1) is 27.0. The number of benzene rings is 2. The van der Waals surface area contributed by atoms with E-state index in [1.807, 2.05) is 56.3 Å². The van der Waals surface area contributed by atoms with Gasteiger partial charge in [-0.05, 0) is 49.8 Å². The number of nitrogens with zero attached hydrogens (tertiary/aromatic N) is 1. The third-order valence-corrected chi connectivity index (χ3v) is 10.5. The number of aryl methyl sites for hydroxylation is 1. The molecule has 3 N–H and O–H groups in total. The maximum atomic E-state index is 14.3. The van der Waals surface area contributed by atoms with E-state index in [0.717, 1.165) is 24.0 Å². The van der Waals surface area contributed by atoms with Gasteiger partial charge in [0.1, 0.15) is 6.04 Å². The summed E-state index contributed by atoms with van der Waals surface area (Å²) in [5.41, 5.74) is 2.30. The van der Waals surface area contributed by atoms with Gasteiger partial charge in [-0.15, -0.1) is 11.8 Å². The van der Waals surface area contributed by atoms with Crippen molar-refractivity contribution in [2.75, 3.05) is 18.5 Å². The first-order valence-corrected chi connectivity index (χ1v) is 14.6. The van der Waals surface area contributed by atoms with E-state index in [4.69, 9.17) is 11.6 Å². The Bertz CT molecular complexity index is 1210. The Kier molecular flexibility index (Phi) is 7.76. The second-order valence-corrected chi connectivity index (χ2v) is 12.5. The Morgan fingerprint density at radius 1 is 1.18 bits per heavy atom. The summed E-state index contributed by atoms with van der Waals surface area (Å²) in [5.74, 6) is -1.77. The van der Waals surface area contributed by atoms with E-state index in [1.54, 1.807) is 22.7 Å². The van der Waals surface area contributed by atoms with Crippen LogP contribution in [0.4, 0.5) is 5.69 Å². The number of fused-ring (bicyclic) bond motifs is 1. The van der Waals surface area contributed by atoms with Crippen molar-refractivity contribution in [1.82, 2.24) is 10.2 Å². The van der Waals surface area contributed by atoms with Crippen LogP contribution >= 0.6 is 23.4 Å². The maximum absolute atomic E-state index is 14.3. The van der Waals surface area contributed by atoms with Gasteiger partial charge in [-0.2, -0.15) is 0 Å². The fraction of sp³-hybridized carbons (Fsp3) is 0.483. The lowest BCUT2D eigenvalue weighted by Crippen LogP contribution is -2.55. The maximum Gasteiger partial charge on any atom is 0.248 e. The molecule has 202 valence electrons. The number of nitrogens with one attached hydrogen (secondary N) is 2. The van der Waals surface area contributed by atoms with Crippen molar-refractivity contribution < 1.29 is 19.5 Å². The number of carbonyl (C=O) groups excluding carboxylic acids is 3. The molecular weight excluding hydrogens is 522 g/mol. The van der Waals surface area contributed by atoms with E-state index in [-0.39, 0.29) is 29.6 Å². The lowest BCUT2D eigenvalue weighted by atomic mass is 9.70. The van der Waals surface area contributed by atoms with Gasteiger partial charge in [0.2, 0.25) is 17.7 Å². The molecule has 3 fully saturated rings. The minimum atomic E-state index is -0.837. The molecular formula is C29H34ClN3O4S. The number of carbonyl (C=O) groups is 3. The molecule has 2 aromatic carbocycles. The molecule has 0 radical (unpaired) electrons. The normalized spacial score (nSPS) is 28.3. The SMILES string of the molecule is CCCNC(=O)[C@@H]1[C@H]2C(=O)N([C@@H](CO)Cc3ccccc3)C(C(=O)Nc3c(C)cccc3Cl)C23CC[C@H]1S3. The number of amides is 3. The summed E-state index contributed by atoms with van der Waals surface area (Å²) < 4.78 is -0.737. The molecule has 38 heavy (non-hydrogen) atoms. The van der Waals surface area contributed by atoms with E-state index in [2.05, 4.69) is 10.6 Å². The predicted molar refractivity (Wildman–Crippen MR) is 150 cm³/mol. The molecule has 3 amide bonds. The van der Waals surface area contributed by atoms with Crippen molar-refractivity contribution in [2.45, 2.75) is 61.6 Å². The van der Waals surface area contributed by atoms with Crippen molar-refractivity contribution in [3.63, 3.8) is 0 Å². The van der Waals surface area contributed by atoms with Crippen molar-refractivity contribution >= 4 is 46.8 Å². The number of thioether (sulfide) groups is 1. The van der Waals surface area contributed by atoms with Crippen molar-refractivity contribution in [2.24, 2.45) is 11.8 Å². The zero-order valence-corrected chi connectivity index (χ0v) is 23.2. The number of likely N-dealkylation sites (tertiary alicyclic amines) is 1. The molecule has 0 saturated carbocycles. The number of rotatable bonds is 9. The smallest absolute Gasteiger partial charge is 0.248 e. The van der Waals surface area contributed by atoms with Crippen LogP contribution in [0.1, 0.15) is 37.3 Å². The number of para-hydroxylation sites is 1. The summed E-state index contributed by atoms with van der Waals surface area (Å²) in [4.78, 5) is 43.3. The lowest BCUT2D eigenvalue weighted by molar-refractivity contribution is -0.142. The molecule has 0 aliphatic carbocycles. The highest BCUT2D eigenvalue weighted by Gasteiger charge is 2.74. The van der Waals surface area contributed by atoms with Crippen LogP contribution in [0.3, 0.4) is 0 Å². The molecule has 3 saturated heterocycles. The summed E-state index contributed by atoms with van der Waals surface area (Å²) >= 11 is 8.07. The molecule has 3 aliphatic heterocycles. The van der Waals surface area contributed by atoms with Crippen molar-refractivity contribution in [1.29, 1.82) is 0 Å². The van der Waals surface area contributed by atoms with E-state index in [0.29, 0.717) is 30.1 Å². The van der Waals surface area contributed by atoms with Gasteiger partial charge in [-0.3, -0.25) is 14.4 Å². The zero-order chi connectivity index (χ0) is 27.0. The van der Waals surface area contributed by atoms with Crippen LogP contribution in [0.25, 0.3) is 0 Å². The molecule has 2 bridgehead atoms. The van der Waals surface area contributed by atoms with Crippen LogP contribution in [-0.2, 0) is 20.8 Å². The van der Waals surface area contributed by atoms with Gasteiger partial charge in [-0.1, -0.05) is 61.0 Å². The largest absolute Gasteiger partial charge is 0.394 e.